The highest BCUT2D eigenvalue weighted by atomic mass is 79.9. The topological polar surface area (TPSA) is 75.6 Å². The quantitative estimate of drug-likeness (QED) is 0.642. The molecule has 0 N–H and O–H groups in total. The Morgan fingerprint density at radius 3 is 2.91 bits per heavy atom. The highest BCUT2D eigenvalue weighted by Gasteiger charge is 2.11. The standard InChI is InChI=1S/C15H9BrN4OS/c16-12-4-2-1-3-11(12)15-20-19-13(21-15)9-22-14-7-10(8-17)5-6-18-14/h1-7H,9H2. The van der Waals surface area contributed by atoms with Crippen LogP contribution >= 0.6 is 27.7 Å². The Kier molecular flexibility index (Phi) is 4.51. The summed E-state index contributed by atoms with van der Waals surface area (Å²) in [4.78, 5) is 4.20. The van der Waals surface area contributed by atoms with Crippen LogP contribution in [-0.4, -0.2) is 15.2 Å². The molecule has 0 fully saturated rings. The van der Waals surface area contributed by atoms with Gasteiger partial charge in [0.25, 0.3) is 0 Å². The first-order chi connectivity index (χ1) is 10.8. The number of hydrogen-bond donors (Lipinski definition) is 0. The fourth-order valence-corrected chi connectivity index (χ4v) is 2.94. The average molecular weight is 373 g/mol. The Hall–Kier alpha value is -2.17. The fourth-order valence-electron chi connectivity index (χ4n) is 1.75. The number of nitrogens with zero attached hydrogens (tertiary/aromatic N) is 4. The van der Waals surface area contributed by atoms with Crippen molar-refractivity contribution in [2.24, 2.45) is 0 Å². The van der Waals surface area contributed by atoms with Gasteiger partial charge in [0.05, 0.1) is 28.0 Å². The number of nitriles is 1. The molecule has 0 aliphatic carbocycles. The average Bonchev–Trinajstić information content (AvgIpc) is 3.02. The molecule has 0 aliphatic heterocycles. The molecule has 0 radical (unpaired) electrons. The van der Waals surface area contributed by atoms with Crippen LogP contribution < -0.4 is 0 Å². The van der Waals surface area contributed by atoms with Crippen LogP contribution in [0.5, 0.6) is 0 Å². The molecule has 22 heavy (non-hydrogen) atoms. The lowest BCUT2D eigenvalue weighted by atomic mass is 10.2. The molecule has 0 saturated carbocycles. The van der Waals surface area contributed by atoms with E-state index >= 15 is 0 Å². The molecule has 1 aromatic carbocycles. The fraction of sp³-hybridized carbons (Fsp3) is 0.0667. The summed E-state index contributed by atoms with van der Waals surface area (Å²) in [6.07, 6.45) is 1.61. The van der Waals surface area contributed by atoms with E-state index in [0.717, 1.165) is 15.1 Å². The van der Waals surface area contributed by atoms with E-state index in [1.165, 1.54) is 11.8 Å². The molecule has 0 bridgehead atoms. The van der Waals surface area contributed by atoms with E-state index in [9.17, 15) is 0 Å². The first-order valence-electron chi connectivity index (χ1n) is 6.32. The number of pyridine rings is 1. The van der Waals surface area contributed by atoms with Gasteiger partial charge in [-0.25, -0.2) is 4.98 Å². The Labute approximate surface area is 139 Å². The lowest BCUT2D eigenvalue weighted by Crippen LogP contribution is -1.84. The van der Waals surface area contributed by atoms with Gasteiger partial charge in [0.2, 0.25) is 11.8 Å². The monoisotopic (exact) mass is 372 g/mol. The maximum atomic E-state index is 8.87. The normalized spacial score (nSPS) is 10.4. The van der Waals surface area contributed by atoms with Gasteiger partial charge in [0.1, 0.15) is 0 Å². The predicted molar refractivity (Wildman–Crippen MR) is 85.9 cm³/mol. The molecule has 2 aromatic heterocycles. The maximum Gasteiger partial charge on any atom is 0.248 e. The molecule has 108 valence electrons. The van der Waals surface area contributed by atoms with Crippen molar-refractivity contribution in [2.45, 2.75) is 10.8 Å². The highest BCUT2D eigenvalue weighted by molar-refractivity contribution is 9.10. The number of thioether (sulfide) groups is 1. The summed E-state index contributed by atoms with van der Waals surface area (Å²) in [5, 5.41) is 17.7. The van der Waals surface area contributed by atoms with Gasteiger partial charge in [-0.15, -0.1) is 10.2 Å². The Balaban J connectivity index is 1.72. The van der Waals surface area contributed by atoms with Crippen molar-refractivity contribution in [2.75, 3.05) is 0 Å². The molecule has 0 unspecified atom stereocenters. The summed E-state index contributed by atoms with van der Waals surface area (Å²) in [5.41, 5.74) is 1.44. The van der Waals surface area contributed by atoms with Gasteiger partial charge in [-0.1, -0.05) is 23.9 Å². The molecule has 0 spiro atoms. The van der Waals surface area contributed by atoms with Crippen LogP contribution in [0.15, 0.2) is 56.5 Å². The van der Waals surface area contributed by atoms with Gasteiger partial charge in [0.15, 0.2) is 0 Å². The second-order valence-electron chi connectivity index (χ2n) is 4.26. The van der Waals surface area contributed by atoms with Gasteiger partial charge in [-0.2, -0.15) is 5.26 Å². The third kappa shape index (κ3) is 3.35. The second kappa shape index (κ2) is 6.73. The van der Waals surface area contributed by atoms with Crippen molar-refractivity contribution < 1.29 is 4.42 Å². The van der Waals surface area contributed by atoms with E-state index in [1.807, 2.05) is 24.3 Å². The Morgan fingerprint density at radius 2 is 2.09 bits per heavy atom. The molecule has 0 atom stereocenters. The van der Waals surface area contributed by atoms with Crippen LogP contribution in [-0.2, 0) is 5.75 Å². The molecule has 5 nitrogen and oxygen atoms in total. The van der Waals surface area contributed by atoms with Crippen molar-refractivity contribution in [3.05, 3.63) is 58.5 Å². The Morgan fingerprint density at radius 1 is 1.23 bits per heavy atom. The van der Waals surface area contributed by atoms with E-state index < -0.39 is 0 Å². The first kappa shape index (κ1) is 14.8. The summed E-state index contributed by atoms with van der Waals surface area (Å²) in [6.45, 7) is 0. The predicted octanol–water partition coefficient (Wildman–Crippen LogP) is 4.06. The van der Waals surface area contributed by atoms with Crippen LogP contribution in [0, 0.1) is 11.3 Å². The molecule has 0 aliphatic rings. The zero-order chi connectivity index (χ0) is 15.4. The number of aromatic nitrogens is 3. The molecular weight excluding hydrogens is 364 g/mol. The van der Waals surface area contributed by atoms with E-state index in [-0.39, 0.29) is 0 Å². The van der Waals surface area contributed by atoms with Crippen molar-refractivity contribution >= 4 is 27.7 Å². The number of hydrogen-bond acceptors (Lipinski definition) is 6. The van der Waals surface area contributed by atoms with Gasteiger partial charge < -0.3 is 4.42 Å². The van der Waals surface area contributed by atoms with Crippen molar-refractivity contribution in [3.8, 4) is 17.5 Å². The van der Waals surface area contributed by atoms with Crippen molar-refractivity contribution in [1.29, 1.82) is 5.26 Å². The lowest BCUT2D eigenvalue weighted by Gasteiger charge is -1.98. The number of halogens is 1. The van der Waals surface area contributed by atoms with Gasteiger partial charge >= 0.3 is 0 Å². The van der Waals surface area contributed by atoms with Crippen LogP contribution in [0.3, 0.4) is 0 Å². The van der Waals surface area contributed by atoms with Gasteiger partial charge in [-0.05, 0) is 40.2 Å². The molecule has 2 heterocycles. The van der Waals surface area contributed by atoms with E-state index in [0.29, 0.717) is 23.1 Å². The van der Waals surface area contributed by atoms with Gasteiger partial charge in [-0.3, -0.25) is 0 Å². The van der Waals surface area contributed by atoms with Gasteiger partial charge in [0, 0.05) is 10.7 Å². The van der Waals surface area contributed by atoms with E-state index in [4.69, 9.17) is 9.68 Å². The third-order valence-electron chi connectivity index (χ3n) is 2.78. The second-order valence-corrected chi connectivity index (χ2v) is 6.11. The maximum absolute atomic E-state index is 8.87. The zero-order valence-electron chi connectivity index (χ0n) is 11.2. The van der Waals surface area contributed by atoms with Crippen LogP contribution in [0.4, 0.5) is 0 Å². The smallest absolute Gasteiger partial charge is 0.248 e. The summed E-state index contributed by atoms with van der Waals surface area (Å²) in [6, 6.07) is 13.2. The highest BCUT2D eigenvalue weighted by Crippen LogP contribution is 2.28. The largest absolute Gasteiger partial charge is 0.420 e. The summed E-state index contributed by atoms with van der Waals surface area (Å²) in [7, 11) is 0. The lowest BCUT2D eigenvalue weighted by molar-refractivity contribution is 0.528. The summed E-state index contributed by atoms with van der Waals surface area (Å²) >= 11 is 4.91. The minimum atomic E-state index is 0.474. The molecule has 0 saturated heterocycles. The third-order valence-corrected chi connectivity index (χ3v) is 4.38. The molecule has 7 heteroatoms. The number of rotatable bonds is 4. The Bertz CT molecular complexity index is 843. The first-order valence-corrected chi connectivity index (χ1v) is 8.10. The summed E-state index contributed by atoms with van der Waals surface area (Å²) in [5.74, 6) is 1.49. The summed E-state index contributed by atoms with van der Waals surface area (Å²) < 4.78 is 6.57. The van der Waals surface area contributed by atoms with E-state index in [1.54, 1.807) is 18.3 Å². The minimum absolute atomic E-state index is 0.474. The van der Waals surface area contributed by atoms with Crippen LogP contribution in [0.1, 0.15) is 11.5 Å². The molecular formula is C15H9BrN4OS. The van der Waals surface area contributed by atoms with Crippen molar-refractivity contribution in [3.63, 3.8) is 0 Å². The van der Waals surface area contributed by atoms with Crippen LogP contribution in [0.2, 0.25) is 0 Å². The number of benzene rings is 1. The van der Waals surface area contributed by atoms with E-state index in [2.05, 4.69) is 37.2 Å². The van der Waals surface area contributed by atoms with Crippen molar-refractivity contribution in [1.82, 2.24) is 15.2 Å². The minimum Gasteiger partial charge on any atom is -0.420 e. The zero-order valence-corrected chi connectivity index (χ0v) is 13.6. The molecule has 3 aromatic rings. The molecule has 3 rings (SSSR count). The SMILES string of the molecule is N#Cc1ccnc(SCc2nnc(-c3ccccc3Br)o2)c1. The molecule has 0 amide bonds. The van der Waals surface area contributed by atoms with Crippen LogP contribution in [0.25, 0.3) is 11.5 Å².